The molecule has 0 fully saturated rings. The number of ketones is 1. The third-order valence-electron chi connectivity index (χ3n) is 4.12. The zero-order valence-electron chi connectivity index (χ0n) is 13.4. The van der Waals surface area contributed by atoms with Crippen molar-refractivity contribution in [3.8, 4) is 0 Å². The third kappa shape index (κ3) is 3.03. The van der Waals surface area contributed by atoms with Crippen molar-refractivity contribution >= 4 is 29.0 Å². The largest absolute Gasteiger partial charge is 0.503 e. The predicted molar refractivity (Wildman–Crippen MR) is 93.0 cm³/mol. The van der Waals surface area contributed by atoms with E-state index in [0.29, 0.717) is 16.3 Å². The topological polar surface area (TPSA) is 57.6 Å². The molecule has 0 saturated heterocycles. The molecule has 0 aromatic heterocycles. The van der Waals surface area contributed by atoms with Gasteiger partial charge < -0.3 is 5.11 Å². The van der Waals surface area contributed by atoms with Gasteiger partial charge in [0.15, 0.2) is 11.5 Å². The lowest BCUT2D eigenvalue weighted by atomic mass is 9.95. The van der Waals surface area contributed by atoms with Gasteiger partial charge in [-0.15, -0.1) is 0 Å². The Morgan fingerprint density at radius 1 is 1.16 bits per heavy atom. The lowest BCUT2D eigenvalue weighted by Crippen LogP contribution is -2.30. The summed E-state index contributed by atoms with van der Waals surface area (Å²) in [5, 5.41) is 10.8. The molecule has 2 aromatic carbocycles. The summed E-state index contributed by atoms with van der Waals surface area (Å²) in [7, 11) is 0. The standard InChI is InChI=1S/C19H15ClFNO3/c1-2-15(23)16-17(11-3-7-13(21)8-4-11)22(19(25)18(16)24)14-9-5-12(20)6-10-14/h3-10,17,24H,2H2,1H3. The minimum Gasteiger partial charge on any atom is -0.503 e. The number of aliphatic hydroxyl groups is 1. The molecule has 1 heterocycles. The SMILES string of the molecule is CCC(=O)C1=C(O)C(=O)N(c2ccc(Cl)cc2)C1c1ccc(F)cc1. The van der Waals surface area contributed by atoms with Gasteiger partial charge in [0.05, 0.1) is 11.6 Å². The number of anilines is 1. The van der Waals surface area contributed by atoms with Crippen molar-refractivity contribution in [1.82, 2.24) is 0 Å². The van der Waals surface area contributed by atoms with E-state index in [9.17, 15) is 19.1 Å². The van der Waals surface area contributed by atoms with Crippen LogP contribution in [0.3, 0.4) is 0 Å². The van der Waals surface area contributed by atoms with Crippen LogP contribution in [-0.4, -0.2) is 16.8 Å². The van der Waals surface area contributed by atoms with Gasteiger partial charge >= 0.3 is 0 Å². The van der Waals surface area contributed by atoms with E-state index in [-0.39, 0.29) is 17.8 Å². The Morgan fingerprint density at radius 3 is 2.32 bits per heavy atom. The zero-order chi connectivity index (χ0) is 18.1. The first-order valence-corrected chi connectivity index (χ1v) is 8.12. The Morgan fingerprint density at radius 2 is 1.76 bits per heavy atom. The number of carbonyl (C=O) groups excluding carboxylic acids is 2. The molecule has 4 nitrogen and oxygen atoms in total. The van der Waals surface area contributed by atoms with E-state index in [1.807, 2.05) is 0 Å². The van der Waals surface area contributed by atoms with Gasteiger partial charge in [-0.1, -0.05) is 30.7 Å². The summed E-state index contributed by atoms with van der Waals surface area (Å²) in [5.74, 6) is -2.01. The Bertz CT molecular complexity index is 859. The van der Waals surface area contributed by atoms with Crippen molar-refractivity contribution in [2.24, 2.45) is 0 Å². The lowest BCUT2D eigenvalue weighted by molar-refractivity contribution is -0.118. The van der Waals surface area contributed by atoms with Gasteiger partial charge in [0, 0.05) is 17.1 Å². The van der Waals surface area contributed by atoms with Crippen LogP contribution in [0.5, 0.6) is 0 Å². The number of Topliss-reactive ketones (excluding diaryl/α,β-unsaturated/α-hetero) is 1. The Balaban J connectivity index is 2.16. The van der Waals surface area contributed by atoms with Crippen LogP contribution in [0.25, 0.3) is 0 Å². The third-order valence-corrected chi connectivity index (χ3v) is 4.37. The van der Waals surface area contributed by atoms with Crippen molar-refractivity contribution in [3.05, 3.63) is 76.3 Å². The van der Waals surface area contributed by atoms with Crippen LogP contribution in [0.15, 0.2) is 59.9 Å². The van der Waals surface area contributed by atoms with Crippen molar-refractivity contribution in [3.63, 3.8) is 0 Å². The molecule has 25 heavy (non-hydrogen) atoms. The maximum Gasteiger partial charge on any atom is 0.294 e. The molecular weight excluding hydrogens is 345 g/mol. The normalized spacial score (nSPS) is 17.3. The minimum atomic E-state index is -0.818. The molecule has 1 N–H and O–H groups in total. The van der Waals surface area contributed by atoms with E-state index in [1.165, 1.54) is 29.2 Å². The second kappa shape index (κ2) is 6.69. The fourth-order valence-electron chi connectivity index (χ4n) is 2.91. The monoisotopic (exact) mass is 359 g/mol. The molecule has 1 aliphatic rings. The van der Waals surface area contributed by atoms with Crippen LogP contribution >= 0.6 is 11.6 Å². The van der Waals surface area contributed by atoms with E-state index in [4.69, 9.17) is 11.6 Å². The number of benzene rings is 2. The zero-order valence-corrected chi connectivity index (χ0v) is 14.1. The number of nitrogens with zero attached hydrogens (tertiary/aromatic N) is 1. The van der Waals surface area contributed by atoms with E-state index < -0.39 is 23.5 Å². The van der Waals surface area contributed by atoms with Crippen LogP contribution in [0.1, 0.15) is 24.9 Å². The molecule has 2 aromatic rings. The quantitative estimate of drug-likeness (QED) is 0.882. The second-order valence-corrected chi connectivity index (χ2v) is 6.08. The number of halogens is 2. The van der Waals surface area contributed by atoms with Crippen LogP contribution < -0.4 is 4.90 Å². The van der Waals surface area contributed by atoms with Gasteiger partial charge in [0.1, 0.15) is 5.82 Å². The second-order valence-electron chi connectivity index (χ2n) is 5.64. The molecule has 3 rings (SSSR count). The van der Waals surface area contributed by atoms with Gasteiger partial charge in [-0.3, -0.25) is 14.5 Å². The van der Waals surface area contributed by atoms with Crippen LogP contribution in [0.2, 0.25) is 5.02 Å². The summed E-state index contributed by atoms with van der Waals surface area (Å²) in [6, 6.07) is 11.2. The number of aliphatic hydroxyl groups excluding tert-OH is 1. The molecule has 0 saturated carbocycles. The molecule has 1 atom stereocenters. The van der Waals surface area contributed by atoms with E-state index in [0.717, 1.165) is 0 Å². The molecule has 0 spiro atoms. The Labute approximate surface area is 149 Å². The van der Waals surface area contributed by atoms with Gasteiger partial charge in [-0.2, -0.15) is 0 Å². The van der Waals surface area contributed by atoms with E-state index in [2.05, 4.69) is 0 Å². The first-order chi connectivity index (χ1) is 11.9. The highest BCUT2D eigenvalue weighted by Crippen LogP contribution is 2.41. The maximum atomic E-state index is 13.3. The molecular formula is C19H15ClFNO3. The highest BCUT2D eigenvalue weighted by molar-refractivity contribution is 6.30. The molecule has 0 bridgehead atoms. The highest BCUT2D eigenvalue weighted by atomic mass is 35.5. The highest BCUT2D eigenvalue weighted by Gasteiger charge is 2.43. The van der Waals surface area contributed by atoms with Crippen molar-refractivity contribution < 1.29 is 19.1 Å². The Hall–Kier alpha value is -2.66. The number of hydrogen-bond acceptors (Lipinski definition) is 3. The number of amides is 1. The molecule has 1 aliphatic heterocycles. The van der Waals surface area contributed by atoms with Gasteiger partial charge in [-0.25, -0.2) is 4.39 Å². The molecule has 128 valence electrons. The first-order valence-electron chi connectivity index (χ1n) is 7.75. The van der Waals surface area contributed by atoms with Crippen LogP contribution in [0, 0.1) is 5.82 Å². The summed E-state index contributed by atoms with van der Waals surface area (Å²) in [5.41, 5.74) is 1.04. The van der Waals surface area contributed by atoms with Crippen LogP contribution in [-0.2, 0) is 9.59 Å². The molecule has 1 amide bonds. The molecule has 0 radical (unpaired) electrons. The number of rotatable bonds is 4. The number of carbonyl (C=O) groups is 2. The summed E-state index contributed by atoms with van der Waals surface area (Å²) < 4.78 is 13.3. The van der Waals surface area contributed by atoms with Gasteiger partial charge in [0.2, 0.25) is 0 Å². The first kappa shape index (κ1) is 17.2. The predicted octanol–water partition coefficient (Wildman–Crippen LogP) is 4.36. The summed E-state index contributed by atoms with van der Waals surface area (Å²) in [6.07, 6.45) is 0.138. The van der Waals surface area contributed by atoms with E-state index in [1.54, 1.807) is 31.2 Å². The lowest BCUT2D eigenvalue weighted by Gasteiger charge is -2.27. The maximum absolute atomic E-state index is 13.3. The smallest absolute Gasteiger partial charge is 0.294 e. The minimum absolute atomic E-state index is 0.0223. The van der Waals surface area contributed by atoms with Crippen molar-refractivity contribution in [2.45, 2.75) is 19.4 Å². The average molecular weight is 360 g/mol. The summed E-state index contributed by atoms with van der Waals surface area (Å²) >= 11 is 5.90. The fourth-order valence-corrected chi connectivity index (χ4v) is 3.03. The summed E-state index contributed by atoms with van der Waals surface area (Å²) in [6.45, 7) is 1.65. The number of hydrogen-bond donors (Lipinski definition) is 1. The molecule has 0 aliphatic carbocycles. The average Bonchev–Trinajstić information content (AvgIpc) is 2.87. The summed E-state index contributed by atoms with van der Waals surface area (Å²) in [4.78, 5) is 26.3. The van der Waals surface area contributed by atoms with Gasteiger partial charge in [-0.05, 0) is 42.0 Å². The van der Waals surface area contributed by atoms with Crippen LogP contribution in [0.4, 0.5) is 10.1 Å². The Kier molecular flexibility index (Phi) is 4.59. The fraction of sp³-hybridized carbons (Fsp3) is 0.158. The van der Waals surface area contributed by atoms with Crippen molar-refractivity contribution in [2.75, 3.05) is 4.90 Å². The van der Waals surface area contributed by atoms with Crippen molar-refractivity contribution in [1.29, 1.82) is 0 Å². The van der Waals surface area contributed by atoms with E-state index >= 15 is 0 Å². The van der Waals surface area contributed by atoms with Gasteiger partial charge in [0.25, 0.3) is 5.91 Å². The molecule has 6 heteroatoms. The molecule has 1 unspecified atom stereocenters.